The molecule has 0 atom stereocenters. The summed E-state index contributed by atoms with van der Waals surface area (Å²) >= 11 is 0. The molecule has 1 N–H and O–H groups in total. The first kappa shape index (κ1) is 18.9. The smallest absolute Gasteiger partial charge is 0.337 e. The van der Waals surface area contributed by atoms with Gasteiger partial charge in [0.05, 0.1) is 17.6 Å². The zero-order valence-electron chi connectivity index (χ0n) is 14.8. The van der Waals surface area contributed by atoms with E-state index in [1.54, 1.807) is 17.0 Å². The predicted molar refractivity (Wildman–Crippen MR) is 101 cm³/mol. The van der Waals surface area contributed by atoms with Crippen molar-refractivity contribution < 1.29 is 22.7 Å². The Morgan fingerprint density at radius 2 is 1.70 bits per heavy atom. The van der Waals surface area contributed by atoms with Crippen molar-refractivity contribution in [2.24, 2.45) is 0 Å². The van der Waals surface area contributed by atoms with Crippen LogP contribution in [0.5, 0.6) is 0 Å². The van der Waals surface area contributed by atoms with E-state index in [2.05, 4.69) is 9.46 Å². The van der Waals surface area contributed by atoms with Crippen molar-refractivity contribution in [1.82, 2.24) is 0 Å². The molecule has 0 aromatic heterocycles. The fourth-order valence-corrected chi connectivity index (χ4v) is 3.95. The Morgan fingerprint density at radius 3 is 2.30 bits per heavy atom. The van der Waals surface area contributed by atoms with E-state index in [-0.39, 0.29) is 10.8 Å². The summed E-state index contributed by atoms with van der Waals surface area (Å²) in [6, 6.07) is 12.2. The third kappa shape index (κ3) is 4.28. The van der Waals surface area contributed by atoms with Crippen LogP contribution in [-0.2, 0) is 19.6 Å². The molecule has 1 saturated heterocycles. The average Bonchev–Trinajstić information content (AvgIpc) is 2.68. The molecule has 1 heterocycles. The lowest BCUT2D eigenvalue weighted by Gasteiger charge is -2.26. The van der Waals surface area contributed by atoms with Gasteiger partial charge in [0.1, 0.15) is 0 Å². The second-order valence-corrected chi connectivity index (χ2v) is 7.85. The van der Waals surface area contributed by atoms with Crippen LogP contribution in [0.4, 0.5) is 11.4 Å². The van der Waals surface area contributed by atoms with Crippen molar-refractivity contribution in [1.29, 1.82) is 0 Å². The minimum atomic E-state index is -3.78. The highest BCUT2D eigenvalue weighted by Gasteiger charge is 2.21. The molecule has 1 amide bonds. The number of hydrogen-bond donors (Lipinski definition) is 1. The number of ether oxygens (including phenoxy) is 1. The van der Waals surface area contributed by atoms with E-state index in [1.165, 1.54) is 43.5 Å². The molecule has 2 aromatic rings. The Bertz CT molecular complexity index is 937. The third-order valence-electron chi connectivity index (χ3n) is 4.34. The van der Waals surface area contributed by atoms with Crippen LogP contribution >= 0.6 is 0 Å². The monoisotopic (exact) mass is 388 g/mol. The molecule has 7 nitrogen and oxygen atoms in total. The van der Waals surface area contributed by atoms with Gasteiger partial charge in [0.25, 0.3) is 10.0 Å². The maximum atomic E-state index is 12.5. The lowest BCUT2D eigenvalue weighted by molar-refractivity contribution is -0.119. The van der Waals surface area contributed by atoms with Gasteiger partial charge < -0.3 is 9.64 Å². The average molecular weight is 388 g/mol. The largest absolute Gasteiger partial charge is 0.465 e. The summed E-state index contributed by atoms with van der Waals surface area (Å²) in [4.78, 5) is 25.2. The summed E-state index contributed by atoms with van der Waals surface area (Å²) in [7, 11) is -2.50. The zero-order chi connectivity index (χ0) is 19.4. The lowest BCUT2D eigenvalue weighted by atomic mass is 10.1. The van der Waals surface area contributed by atoms with Crippen LogP contribution in [0.3, 0.4) is 0 Å². The van der Waals surface area contributed by atoms with E-state index < -0.39 is 16.0 Å². The summed E-state index contributed by atoms with van der Waals surface area (Å²) < 4.78 is 32.2. The molecule has 1 aliphatic heterocycles. The molecule has 0 aliphatic carbocycles. The van der Waals surface area contributed by atoms with Gasteiger partial charge in [0, 0.05) is 24.3 Å². The molecule has 0 spiro atoms. The summed E-state index contributed by atoms with van der Waals surface area (Å²) in [5, 5.41) is 0. The number of nitrogens with one attached hydrogen (secondary N) is 1. The van der Waals surface area contributed by atoms with E-state index in [0.717, 1.165) is 12.8 Å². The number of hydrogen-bond acceptors (Lipinski definition) is 5. The maximum absolute atomic E-state index is 12.5. The van der Waals surface area contributed by atoms with E-state index in [0.29, 0.717) is 29.9 Å². The van der Waals surface area contributed by atoms with Crippen LogP contribution in [0.15, 0.2) is 53.4 Å². The molecule has 1 aliphatic rings. The second-order valence-electron chi connectivity index (χ2n) is 6.17. The van der Waals surface area contributed by atoms with Gasteiger partial charge in [-0.3, -0.25) is 9.52 Å². The first-order valence-electron chi connectivity index (χ1n) is 8.52. The van der Waals surface area contributed by atoms with Gasteiger partial charge >= 0.3 is 5.97 Å². The minimum Gasteiger partial charge on any atom is -0.465 e. The van der Waals surface area contributed by atoms with Crippen LogP contribution in [0, 0.1) is 0 Å². The Labute approximate surface area is 158 Å². The predicted octanol–water partition coefficient (Wildman–Crippen LogP) is 2.79. The topological polar surface area (TPSA) is 92.8 Å². The fourth-order valence-electron chi connectivity index (χ4n) is 2.89. The van der Waals surface area contributed by atoms with Crippen molar-refractivity contribution in [2.45, 2.75) is 24.2 Å². The summed E-state index contributed by atoms with van der Waals surface area (Å²) in [5.41, 5.74) is 1.36. The van der Waals surface area contributed by atoms with Crippen LogP contribution < -0.4 is 9.62 Å². The highest BCUT2D eigenvalue weighted by molar-refractivity contribution is 7.92. The van der Waals surface area contributed by atoms with Gasteiger partial charge in [-0.2, -0.15) is 0 Å². The molecule has 3 rings (SSSR count). The molecule has 0 radical (unpaired) electrons. The highest BCUT2D eigenvalue weighted by atomic mass is 32.2. The van der Waals surface area contributed by atoms with Crippen LogP contribution in [0.25, 0.3) is 0 Å². The van der Waals surface area contributed by atoms with Crippen molar-refractivity contribution in [3.05, 3.63) is 54.1 Å². The normalized spacial score (nSPS) is 14.7. The molecule has 2 aromatic carbocycles. The SMILES string of the molecule is COC(=O)c1ccc(NS(=O)(=O)c2ccc(N3CCCCC3=O)cc2)cc1. The first-order valence-corrected chi connectivity index (χ1v) is 10.0. The number of sulfonamides is 1. The first-order chi connectivity index (χ1) is 12.9. The lowest BCUT2D eigenvalue weighted by Crippen LogP contribution is -2.35. The van der Waals surface area contributed by atoms with E-state index in [9.17, 15) is 18.0 Å². The van der Waals surface area contributed by atoms with Crippen molar-refractivity contribution in [2.75, 3.05) is 23.3 Å². The fraction of sp³-hybridized carbons (Fsp3) is 0.263. The standard InChI is InChI=1S/C19H20N2O5S/c1-26-19(23)14-5-7-15(8-6-14)20-27(24,25)17-11-9-16(10-12-17)21-13-3-2-4-18(21)22/h5-12,20H,2-4,13H2,1H3. The van der Waals surface area contributed by atoms with E-state index >= 15 is 0 Å². The number of amides is 1. The molecular formula is C19H20N2O5S. The van der Waals surface area contributed by atoms with Gasteiger partial charge in [-0.1, -0.05) is 0 Å². The van der Waals surface area contributed by atoms with E-state index in [4.69, 9.17) is 0 Å². The zero-order valence-corrected chi connectivity index (χ0v) is 15.7. The van der Waals surface area contributed by atoms with Gasteiger partial charge in [-0.05, 0) is 61.4 Å². The number of benzene rings is 2. The molecule has 0 saturated carbocycles. The van der Waals surface area contributed by atoms with Crippen molar-refractivity contribution in [3.63, 3.8) is 0 Å². The van der Waals surface area contributed by atoms with Gasteiger partial charge in [-0.25, -0.2) is 13.2 Å². The number of esters is 1. The maximum Gasteiger partial charge on any atom is 0.337 e. The Morgan fingerprint density at radius 1 is 1.04 bits per heavy atom. The van der Waals surface area contributed by atoms with Crippen LogP contribution in [0.2, 0.25) is 0 Å². The molecule has 142 valence electrons. The number of nitrogens with zero attached hydrogens (tertiary/aromatic N) is 1. The van der Waals surface area contributed by atoms with Gasteiger partial charge in [-0.15, -0.1) is 0 Å². The molecule has 1 fully saturated rings. The molecule has 27 heavy (non-hydrogen) atoms. The van der Waals surface area contributed by atoms with Crippen LogP contribution in [0.1, 0.15) is 29.6 Å². The number of rotatable bonds is 5. The number of methoxy groups -OCH3 is 1. The molecule has 0 unspecified atom stereocenters. The summed E-state index contributed by atoms with van der Waals surface area (Å²) in [6.07, 6.45) is 2.35. The van der Waals surface area contributed by atoms with Gasteiger partial charge in [0.2, 0.25) is 5.91 Å². The minimum absolute atomic E-state index is 0.0562. The Hall–Kier alpha value is -2.87. The summed E-state index contributed by atoms with van der Waals surface area (Å²) in [5.74, 6) is -0.437. The Balaban J connectivity index is 1.74. The van der Waals surface area contributed by atoms with E-state index in [1.807, 2.05) is 0 Å². The van der Waals surface area contributed by atoms with Crippen molar-refractivity contribution >= 4 is 33.3 Å². The van der Waals surface area contributed by atoms with Crippen LogP contribution in [-0.4, -0.2) is 33.9 Å². The van der Waals surface area contributed by atoms with Gasteiger partial charge in [0.15, 0.2) is 0 Å². The molecular weight excluding hydrogens is 368 g/mol. The second kappa shape index (κ2) is 7.79. The molecule has 0 bridgehead atoms. The number of piperidine rings is 1. The highest BCUT2D eigenvalue weighted by Crippen LogP contribution is 2.24. The summed E-state index contributed by atoms with van der Waals surface area (Å²) in [6.45, 7) is 0.649. The third-order valence-corrected chi connectivity index (χ3v) is 5.74. The molecule has 8 heteroatoms. The van der Waals surface area contributed by atoms with Crippen molar-refractivity contribution in [3.8, 4) is 0 Å². The Kier molecular flexibility index (Phi) is 5.46. The quantitative estimate of drug-likeness (QED) is 0.795. The number of anilines is 2. The number of carbonyl (C=O) groups excluding carboxylic acids is 2. The number of carbonyl (C=O) groups is 2.